The van der Waals surface area contributed by atoms with Crippen molar-refractivity contribution < 1.29 is 4.74 Å². The molecule has 1 aromatic heterocycles. The van der Waals surface area contributed by atoms with Gasteiger partial charge in [-0.3, -0.25) is 0 Å². The lowest BCUT2D eigenvalue weighted by molar-refractivity contribution is 0.354. The third-order valence-electron chi connectivity index (χ3n) is 5.47. The zero-order valence-electron chi connectivity index (χ0n) is 15.8. The highest BCUT2D eigenvalue weighted by molar-refractivity contribution is 5.85. The molecule has 4 heteroatoms. The van der Waals surface area contributed by atoms with Crippen LogP contribution in [0.3, 0.4) is 0 Å². The molecule has 3 aromatic rings. The fraction of sp³-hybridized carbons (Fsp3) is 0.348. The zero-order chi connectivity index (χ0) is 17.8. The summed E-state index contributed by atoms with van der Waals surface area (Å²) in [6.45, 7) is 2.33. The second kappa shape index (κ2) is 9.20. The predicted octanol–water partition coefficient (Wildman–Crippen LogP) is 5.26. The molecule has 1 saturated heterocycles. The van der Waals surface area contributed by atoms with Crippen LogP contribution in [0.2, 0.25) is 0 Å². The van der Waals surface area contributed by atoms with Gasteiger partial charge < -0.3 is 10.1 Å². The molecule has 0 bridgehead atoms. The second-order valence-corrected chi connectivity index (χ2v) is 7.14. The highest BCUT2D eigenvalue weighted by atomic mass is 35.5. The van der Waals surface area contributed by atoms with Crippen LogP contribution < -0.4 is 10.1 Å². The van der Waals surface area contributed by atoms with Gasteiger partial charge in [0.2, 0.25) is 0 Å². The van der Waals surface area contributed by atoms with Gasteiger partial charge in [0.15, 0.2) is 0 Å². The Bertz CT molecular complexity index is 873. The molecule has 142 valence electrons. The number of hydrogen-bond donors (Lipinski definition) is 1. The maximum absolute atomic E-state index is 5.28. The van der Waals surface area contributed by atoms with Crippen LogP contribution in [0.5, 0.6) is 5.75 Å². The molecule has 0 saturated carbocycles. The minimum absolute atomic E-state index is 0. The number of pyridine rings is 1. The lowest BCUT2D eigenvalue weighted by Crippen LogP contribution is -2.27. The summed E-state index contributed by atoms with van der Waals surface area (Å²) < 4.78 is 5.28. The number of hydrogen-bond acceptors (Lipinski definition) is 3. The molecule has 1 fully saturated rings. The van der Waals surface area contributed by atoms with Gasteiger partial charge >= 0.3 is 0 Å². The van der Waals surface area contributed by atoms with Gasteiger partial charge in [0.25, 0.3) is 0 Å². The average molecular weight is 383 g/mol. The number of halogens is 1. The van der Waals surface area contributed by atoms with E-state index in [1.54, 1.807) is 7.11 Å². The molecule has 0 radical (unpaired) electrons. The molecule has 1 aliphatic heterocycles. The van der Waals surface area contributed by atoms with E-state index in [2.05, 4.69) is 47.8 Å². The molecule has 3 nitrogen and oxygen atoms in total. The first-order valence-electron chi connectivity index (χ1n) is 9.57. The standard InChI is InChI=1S/C23H26N2O.ClH/c1-26-20-10-8-18(9-11-20)23-16-19(7-6-17-12-14-24-15-13-17)21-4-2-3-5-22(21)25-23;/h2-5,8-11,16-17,24H,6-7,12-15H2,1H3;1H. The Morgan fingerprint density at radius 3 is 2.52 bits per heavy atom. The van der Waals surface area contributed by atoms with Crippen LogP contribution in [0.15, 0.2) is 54.6 Å². The predicted molar refractivity (Wildman–Crippen MR) is 115 cm³/mol. The number of piperidine rings is 1. The minimum atomic E-state index is 0. The van der Waals surface area contributed by atoms with Crippen LogP contribution in [-0.4, -0.2) is 25.2 Å². The number of aryl methyl sites for hydroxylation is 1. The largest absolute Gasteiger partial charge is 0.497 e. The average Bonchev–Trinajstić information content (AvgIpc) is 2.72. The van der Waals surface area contributed by atoms with Crippen LogP contribution in [0.25, 0.3) is 22.2 Å². The quantitative estimate of drug-likeness (QED) is 0.653. The fourth-order valence-electron chi connectivity index (χ4n) is 3.89. The molecule has 0 unspecified atom stereocenters. The van der Waals surface area contributed by atoms with Crippen molar-refractivity contribution in [2.24, 2.45) is 5.92 Å². The number of ether oxygens (including phenoxy) is 1. The molecule has 2 heterocycles. The molecular formula is C23H27ClN2O. The highest BCUT2D eigenvalue weighted by Crippen LogP contribution is 2.28. The van der Waals surface area contributed by atoms with Crippen LogP contribution in [-0.2, 0) is 6.42 Å². The van der Waals surface area contributed by atoms with Crippen molar-refractivity contribution in [3.63, 3.8) is 0 Å². The summed E-state index contributed by atoms with van der Waals surface area (Å²) in [6, 6.07) is 19.0. The summed E-state index contributed by atoms with van der Waals surface area (Å²) in [7, 11) is 1.70. The van der Waals surface area contributed by atoms with Crippen molar-refractivity contribution in [1.82, 2.24) is 10.3 Å². The van der Waals surface area contributed by atoms with Gasteiger partial charge in [0.1, 0.15) is 5.75 Å². The lowest BCUT2D eigenvalue weighted by Gasteiger charge is -2.22. The Morgan fingerprint density at radius 1 is 1.04 bits per heavy atom. The normalized spacial score (nSPS) is 14.7. The number of nitrogens with zero attached hydrogens (tertiary/aromatic N) is 1. The van der Waals surface area contributed by atoms with E-state index in [9.17, 15) is 0 Å². The van der Waals surface area contributed by atoms with Crippen molar-refractivity contribution in [3.8, 4) is 17.0 Å². The van der Waals surface area contributed by atoms with Crippen molar-refractivity contribution in [1.29, 1.82) is 0 Å². The monoisotopic (exact) mass is 382 g/mol. The molecule has 1 aliphatic rings. The van der Waals surface area contributed by atoms with E-state index in [0.717, 1.165) is 34.9 Å². The summed E-state index contributed by atoms with van der Waals surface area (Å²) in [5.74, 6) is 1.72. The molecule has 2 aromatic carbocycles. The second-order valence-electron chi connectivity index (χ2n) is 7.14. The first-order chi connectivity index (χ1) is 12.8. The summed E-state index contributed by atoms with van der Waals surface area (Å²) in [5, 5.41) is 4.75. The number of methoxy groups -OCH3 is 1. The van der Waals surface area contributed by atoms with Gasteiger partial charge in [-0.15, -0.1) is 12.4 Å². The maximum Gasteiger partial charge on any atom is 0.118 e. The zero-order valence-corrected chi connectivity index (χ0v) is 16.6. The highest BCUT2D eigenvalue weighted by Gasteiger charge is 2.14. The van der Waals surface area contributed by atoms with Crippen molar-refractivity contribution in [2.75, 3.05) is 20.2 Å². The summed E-state index contributed by atoms with van der Waals surface area (Å²) in [4.78, 5) is 4.91. The number of nitrogens with one attached hydrogen (secondary N) is 1. The van der Waals surface area contributed by atoms with Gasteiger partial charge in [0.05, 0.1) is 18.3 Å². The molecule has 0 amide bonds. The Kier molecular flexibility index (Phi) is 6.70. The van der Waals surface area contributed by atoms with Gasteiger partial charge in [-0.2, -0.15) is 0 Å². The van der Waals surface area contributed by atoms with E-state index in [0.29, 0.717) is 0 Å². The Hall–Kier alpha value is -2.10. The summed E-state index contributed by atoms with van der Waals surface area (Å²) >= 11 is 0. The van der Waals surface area contributed by atoms with E-state index in [1.165, 1.54) is 43.3 Å². The van der Waals surface area contributed by atoms with Gasteiger partial charge in [-0.25, -0.2) is 4.98 Å². The molecule has 0 aliphatic carbocycles. The Labute approximate surface area is 167 Å². The van der Waals surface area contributed by atoms with Crippen molar-refractivity contribution in [3.05, 3.63) is 60.2 Å². The smallest absolute Gasteiger partial charge is 0.118 e. The van der Waals surface area contributed by atoms with E-state index in [-0.39, 0.29) is 12.4 Å². The van der Waals surface area contributed by atoms with Crippen molar-refractivity contribution >= 4 is 23.3 Å². The number of benzene rings is 2. The third kappa shape index (κ3) is 4.60. The van der Waals surface area contributed by atoms with E-state index in [4.69, 9.17) is 9.72 Å². The third-order valence-corrected chi connectivity index (χ3v) is 5.47. The van der Waals surface area contributed by atoms with E-state index < -0.39 is 0 Å². The number of aromatic nitrogens is 1. The number of para-hydroxylation sites is 1. The van der Waals surface area contributed by atoms with Crippen LogP contribution in [0, 0.1) is 5.92 Å². The molecular weight excluding hydrogens is 356 g/mol. The lowest BCUT2D eigenvalue weighted by atomic mass is 9.90. The van der Waals surface area contributed by atoms with Crippen LogP contribution >= 0.6 is 12.4 Å². The molecule has 4 rings (SSSR count). The Morgan fingerprint density at radius 2 is 1.78 bits per heavy atom. The maximum atomic E-state index is 5.28. The minimum Gasteiger partial charge on any atom is -0.497 e. The summed E-state index contributed by atoms with van der Waals surface area (Å²) in [6.07, 6.45) is 4.98. The fourth-order valence-corrected chi connectivity index (χ4v) is 3.89. The van der Waals surface area contributed by atoms with Gasteiger partial charge in [-0.05, 0) is 86.7 Å². The molecule has 0 spiro atoms. The number of fused-ring (bicyclic) bond motifs is 1. The molecule has 27 heavy (non-hydrogen) atoms. The summed E-state index contributed by atoms with van der Waals surface area (Å²) in [5.41, 5.74) is 4.69. The SMILES string of the molecule is COc1ccc(-c2cc(CCC3CCNCC3)c3ccccc3n2)cc1.Cl. The van der Waals surface area contributed by atoms with Crippen LogP contribution in [0.4, 0.5) is 0 Å². The first kappa shape index (κ1) is 19.7. The van der Waals surface area contributed by atoms with E-state index in [1.807, 2.05) is 12.1 Å². The number of rotatable bonds is 5. The van der Waals surface area contributed by atoms with Crippen LogP contribution in [0.1, 0.15) is 24.8 Å². The molecule has 1 N–H and O–H groups in total. The Balaban J connectivity index is 0.00000210. The molecule has 0 atom stereocenters. The first-order valence-corrected chi connectivity index (χ1v) is 9.57. The van der Waals surface area contributed by atoms with Crippen molar-refractivity contribution in [2.45, 2.75) is 25.7 Å². The van der Waals surface area contributed by atoms with Gasteiger partial charge in [-0.1, -0.05) is 18.2 Å². The topological polar surface area (TPSA) is 34.1 Å². The van der Waals surface area contributed by atoms with Gasteiger partial charge in [0, 0.05) is 10.9 Å². The van der Waals surface area contributed by atoms with E-state index >= 15 is 0 Å².